The van der Waals surface area contributed by atoms with Crippen LogP contribution in [0.2, 0.25) is 0 Å². The molecule has 0 saturated carbocycles. The van der Waals surface area contributed by atoms with E-state index in [1.807, 2.05) is 16.8 Å². The summed E-state index contributed by atoms with van der Waals surface area (Å²) in [6.07, 6.45) is 2.96. The van der Waals surface area contributed by atoms with Crippen molar-refractivity contribution in [2.45, 2.75) is 19.4 Å². The van der Waals surface area contributed by atoms with Crippen LogP contribution < -0.4 is 4.90 Å². The molecule has 22 heavy (non-hydrogen) atoms. The van der Waals surface area contributed by atoms with Crippen molar-refractivity contribution in [3.05, 3.63) is 40.5 Å². The van der Waals surface area contributed by atoms with Gasteiger partial charge in [-0.1, -0.05) is 33.3 Å². The van der Waals surface area contributed by atoms with Crippen LogP contribution in [0.15, 0.2) is 34.9 Å². The van der Waals surface area contributed by atoms with Crippen LogP contribution >= 0.6 is 15.9 Å². The van der Waals surface area contributed by atoms with Gasteiger partial charge in [0.25, 0.3) is 0 Å². The molecule has 7 heteroatoms. The lowest BCUT2D eigenvalue weighted by atomic mass is 10.1. The van der Waals surface area contributed by atoms with Crippen LogP contribution in [0.4, 0.5) is 5.95 Å². The first-order valence-electron chi connectivity index (χ1n) is 7.31. The predicted molar refractivity (Wildman–Crippen MR) is 87.9 cm³/mol. The predicted octanol–water partition coefficient (Wildman–Crippen LogP) is 2.80. The van der Waals surface area contributed by atoms with Crippen LogP contribution in [-0.2, 0) is 0 Å². The number of halogens is 1. The van der Waals surface area contributed by atoms with E-state index in [1.165, 1.54) is 12.0 Å². The van der Waals surface area contributed by atoms with Gasteiger partial charge in [0.05, 0.1) is 12.2 Å². The first-order valence-corrected chi connectivity index (χ1v) is 8.10. The van der Waals surface area contributed by atoms with Crippen LogP contribution in [0.3, 0.4) is 0 Å². The molecule has 0 unspecified atom stereocenters. The second-order valence-electron chi connectivity index (χ2n) is 5.48. The van der Waals surface area contributed by atoms with E-state index < -0.39 is 0 Å². The molecular weight excluding hydrogens is 344 g/mol. The lowest BCUT2D eigenvalue weighted by Crippen LogP contribution is -2.38. The maximum absolute atomic E-state index is 4.66. The van der Waals surface area contributed by atoms with Gasteiger partial charge >= 0.3 is 0 Å². The summed E-state index contributed by atoms with van der Waals surface area (Å²) in [4.78, 5) is 11.2. The zero-order valence-electron chi connectivity index (χ0n) is 12.1. The van der Waals surface area contributed by atoms with E-state index in [9.17, 15) is 0 Å². The van der Waals surface area contributed by atoms with Crippen molar-refractivity contribution in [2.75, 3.05) is 18.0 Å². The number of aromatic nitrogens is 5. The molecule has 0 bridgehead atoms. The summed E-state index contributed by atoms with van der Waals surface area (Å²) in [5, 5.41) is 8.46. The third-order valence-electron chi connectivity index (χ3n) is 4.06. The summed E-state index contributed by atoms with van der Waals surface area (Å²) in [6, 6.07) is 8.30. The highest BCUT2D eigenvalue weighted by atomic mass is 79.9. The van der Waals surface area contributed by atoms with Crippen molar-refractivity contribution >= 4 is 33.0 Å². The van der Waals surface area contributed by atoms with Gasteiger partial charge in [0.1, 0.15) is 0 Å². The number of nitrogens with zero attached hydrogens (tertiary/aromatic N) is 6. The largest absolute Gasteiger partial charge is 0.341 e. The lowest BCUT2D eigenvalue weighted by Gasteiger charge is -2.30. The number of hydrogen-bond acceptors (Lipinski definition) is 5. The van der Waals surface area contributed by atoms with E-state index >= 15 is 0 Å². The summed E-state index contributed by atoms with van der Waals surface area (Å²) in [6.45, 7) is 4.15. The van der Waals surface area contributed by atoms with Gasteiger partial charge in [-0.3, -0.25) is 0 Å². The fraction of sp³-hybridized carbons (Fsp3) is 0.333. The van der Waals surface area contributed by atoms with Crippen LogP contribution in [-0.4, -0.2) is 38.1 Å². The van der Waals surface area contributed by atoms with Gasteiger partial charge in [0.15, 0.2) is 11.2 Å². The third kappa shape index (κ3) is 2.25. The molecule has 1 saturated heterocycles. The maximum Gasteiger partial charge on any atom is 0.227 e. The molecule has 1 aliphatic heterocycles. The minimum Gasteiger partial charge on any atom is -0.341 e. The summed E-state index contributed by atoms with van der Waals surface area (Å²) in [7, 11) is 0. The van der Waals surface area contributed by atoms with E-state index in [4.69, 9.17) is 0 Å². The monoisotopic (exact) mass is 358 g/mol. The summed E-state index contributed by atoms with van der Waals surface area (Å²) in [5.74, 6) is 0.769. The Kier molecular flexibility index (Phi) is 3.29. The Morgan fingerprint density at radius 1 is 1.18 bits per heavy atom. The van der Waals surface area contributed by atoms with Gasteiger partial charge in [-0.2, -0.15) is 4.98 Å². The van der Waals surface area contributed by atoms with Gasteiger partial charge in [-0.05, 0) is 31.0 Å². The highest BCUT2D eigenvalue weighted by Crippen LogP contribution is 2.24. The Bertz CT molecular complexity index is 809. The molecule has 4 rings (SSSR count). The van der Waals surface area contributed by atoms with Crippen LogP contribution in [0, 0.1) is 0 Å². The first kappa shape index (κ1) is 13.6. The quantitative estimate of drug-likeness (QED) is 0.720. The molecule has 3 aromatic rings. The normalized spacial score (nSPS) is 15.8. The third-order valence-corrected chi connectivity index (χ3v) is 4.59. The summed E-state index contributed by atoms with van der Waals surface area (Å²) < 4.78 is 2.93. The molecule has 1 atom stereocenters. The van der Waals surface area contributed by atoms with Crippen molar-refractivity contribution in [2.24, 2.45) is 0 Å². The molecule has 0 aliphatic carbocycles. The van der Waals surface area contributed by atoms with E-state index in [-0.39, 0.29) is 6.04 Å². The minimum atomic E-state index is 0.0669. The van der Waals surface area contributed by atoms with Crippen molar-refractivity contribution in [1.29, 1.82) is 0 Å². The van der Waals surface area contributed by atoms with Crippen LogP contribution in [0.25, 0.3) is 11.2 Å². The van der Waals surface area contributed by atoms with Crippen molar-refractivity contribution in [3.8, 4) is 0 Å². The molecule has 0 amide bonds. The number of rotatable bonds is 3. The summed E-state index contributed by atoms with van der Waals surface area (Å²) >= 11 is 3.46. The molecular formula is C15H15BrN6. The number of fused-ring (bicyclic) bond motifs is 1. The van der Waals surface area contributed by atoms with E-state index in [0.717, 1.165) is 34.7 Å². The Morgan fingerprint density at radius 2 is 1.95 bits per heavy atom. The molecule has 2 aromatic heterocycles. The smallest absolute Gasteiger partial charge is 0.227 e. The summed E-state index contributed by atoms with van der Waals surface area (Å²) in [5.41, 5.74) is 2.68. The fourth-order valence-corrected chi connectivity index (χ4v) is 2.81. The number of benzene rings is 1. The van der Waals surface area contributed by atoms with Crippen molar-refractivity contribution in [1.82, 2.24) is 25.0 Å². The minimum absolute atomic E-state index is 0.0669. The second-order valence-corrected chi connectivity index (χ2v) is 6.40. The van der Waals surface area contributed by atoms with Crippen LogP contribution in [0.1, 0.15) is 24.9 Å². The van der Waals surface area contributed by atoms with Crippen molar-refractivity contribution in [3.63, 3.8) is 0 Å². The molecule has 3 heterocycles. The number of anilines is 1. The standard InChI is InChI=1S/C15H15BrN6/c1-10(11-3-5-12(16)6-4-11)22-14-13(19-20-22)9-17-15(18-14)21-7-2-8-21/h3-6,9-10H,2,7-8H2,1H3/t10-/m1/s1. The number of hydrogen-bond donors (Lipinski definition) is 0. The van der Waals surface area contributed by atoms with Gasteiger partial charge in [-0.25, -0.2) is 9.67 Å². The Hall–Kier alpha value is -2.02. The van der Waals surface area contributed by atoms with E-state index in [1.54, 1.807) is 6.20 Å². The van der Waals surface area contributed by atoms with Crippen molar-refractivity contribution < 1.29 is 0 Å². The van der Waals surface area contributed by atoms with E-state index in [0.29, 0.717) is 0 Å². The second kappa shape index (κ2) is 5.31. The average molecular weight is 359 g/mol. The molecule has 112 valence electrons. The molecule has 0 spiro atoms. The molecule has 6 nitrogen and oxygen atoms in total. The molecule has 1 fully saturated rings. The molecule has 1 aliphatic rings. The topological polar surface area (TPSA) is 59.7 Å². The van der Waals surface area contributed by atoms with Gasteiger partial charge in [0.2, 0.25) is 5.95 Å². The Labute approximate surface area is 136 Å². The van der Waals surface area contributed by atoms with E-state index in [2.05, 4.69) is 60.2 Å². The van der Waals surface area contributed by atoms with Crippen LogP contribution in [0.5, 0.6) is 0 Å². The van der Waals surface area contributed by atoms with Gasteiger partial charge in [0, 0.05) is 17.6 Å². The average Bonchev–Trinajstić information content (AvgIpc) is 2.89. The zero-order valence-corrected chi connectivity index (χ0v) is 13.7. The Morgan fingerprint density at radius 3 is 2.64 bits per heavy atom. The lowest BCUT2D eigenvalue weighted by molar-refractivity contribution is 0.554. The Balaban J connectivity index is 1.75. The zero-order chi connectivity index (χ0) is 15.1. The highest BCUT2D eigenvalue weighted by molar-refractivity contribution is 9.10. The van der Waals surface area contributed by atoms with Gasteiger partial charge in [-0.15, -0.1) is 5.10 Å². The molecule has 1 aromatic carbocycles. The highest BCUT2D eigenvalue weighted by Gasteiger charge is 2.20. The maximum atomic E-state index is 4.66. The first-order chi connectivity index (χ1) is 10.7. The molecule has 0 N–H and O–H groups in total. The molecule has 0 radical (unpaired) electrons. The van der Waals surface area contributed by atoms with Gasteiger partial charge < -0.3 is 4.90 Å². The fourth-order valence-electron chi connectivity index (χ4n) is 2.55. The SMILES string of the molecule is C[C@H](c1ccc(Br)cc1)n1nnc2cnc(N3CCC3)nc21.